The molecule has 92 valence electrons. The van der Waals surface area contributed by atoms with Crippen molar-refractivity contribution >= 4 is 17.4 Å². The van der Waals surface area contributed by atoms with Gasteiger partial charge in [-0.3, -0.25) is 0 Å². The fourth-order valence-electron chi connectivity index (χ4n) is 1.75. The molecule has 0 bridgehead atoms. The zero-order valence-corrected chi connectivity index (χ0v) is 9.53. The van der Waals surface area contributed by atoms with Crippen LogP contribution in [-0.4, -0.2) is 13.1 Å². The van der Waals surface area contributed by atoms with Crippen molar-refractivity contribution in [3.05, 3.63) is 23.5 Å². The van der Waals surface area contributed by atoms with Crippen molar-refractivity contribution in [3.63, 3.8) is 0 Å². The number of nitrogens with zero attached hydrogens (tertiary/aromatic N) is 1. The van der Waals surface area contributed by atoms with E-state index in [4.69, 9.17) is 11.6 Å². The summed E-state index contributed by atoms with van der Waals surface area (Å²) >= 11 is 0. The second-order valence-corrected chi connectivity index (χ2v) is 4.13. The predicted octanol–water partition coefficient (Wildman–Crippen LogP) is 1.30. The molecule has 1 aliphatic carbocycles. The van der Waals surface area contributed by atoms with Gasteiger partial charge in [-0.25, -0.2) is 20.0 Å². The smallest absolute Gasteiger partial charge is 0.336 e. The van der Waals surface area contributed by atoms with E-state index in [1.165, 1.54) is 19.2 Å². The second kappa shape index (κ2) is 4.21. The third-order valence-electron chi connectivity index (χ3n) is 2.86. The average molecular weight is 238 g/mol. The first-order valence-corrected chi connectivity index (χ1v) is 5.40. The summed E-state index contributed by atoms with van der Waals surface area (Å²) in [5.41, 5.74) is 6.69. The van der Waals surface area contributed by atoms with Crippen molar-refractivity contribution in [2.24, 2.45) is 5.84 Å². The van der Waals surface area contributed by atoms with E-state index in [2.05, 4.69) is 5.32 Å². The summed E-state index contributed by atoms with van der Waals surface area (Å²) in [4.78, 5) is 11.5. The third-order valence-corrected chi connectivity index (χ3v) is 2.86. The van der Waals surface area contributed by atoms with Crippen LogP contribution < -0.4 is 21.9 Å². The van der Waals surface area contributed by atoms with Crippen LogP contribution in [0.3, 0.4) is 0 Å². The Morgan fingerprint density at radius 2 is 2.18 bits per heavy atom. The van der Waals surface area contributed by atoms with Crippen molar-refractivity contribution in [1.82, 2.24) is 5.32 Å². The number of benzene rings is 1. The number of hydrazine groups is 1. The van der Waals surface area contributed by atoms with Crippen molar-refractivity contribution in [2.45, 2.75) is 18.8 Å². The lowest BCUT2D eigenvalue weighted by molar-refractivity contribution is 0.248. The number of hydrogen-bond donors (Lipinski definition) is 3. The first-order valence-electron chi connectivity index (χ1n) is 5.40. The highest BCUT2D eigenvalue weighted by atomic mass is 19.1. The highest BCUT2D eigenvalue weighted by molar-refractivity contribution is 5.92. The molecule has 0 aliphatic heterocycles. The van der Waals surface area contributed by atoms with Crippen LogP contribution >= 0.6 is 0 Å². The number of anilines is 2. The molecule has 0 heterocycles. The molecule has 0 unspecified atom stereocenters. The van der Waals surface area contributed by atoms with E-state index in [0.717, 1.165) is 23.4 Å². The maximum Gasteiger partial charge on any atom is 0.336 e. The van der Waals surface area contributed by atoms with Crippen molar-refractivity contribution in [3.8, 4) is 0 Å². The summed E-state index contributed by atoms with van der Waals surface area (Å²) in [7, 11) is 1.48. The quantitative estimate of drug-likeness (QED) is 0.314. The molecular weight excluding hydrogens is 223 g/mol. The number of carbonyl (C=O) groups is 1. The van der Waals surface area contributed by atoms with Gasteiger partial charge >= 0.3 is 6.03 Å². The fourth-order valence-corrected chi connectivity index (χ4v) is 1.75. The fraction of sp³-hybridized carbons (Fsp3) is 0.364. The highest BCUT2D eigenvalue weighted by Gasteiger charge is 2.29. The second-order valence-electron chi connectivity index (χ2n) is 4.13. The molecule has 1 aromatic carbocycles. The Morgan fingerprint density at radius 3 is 2.71 bits per heavy atom. The molecule has 0 saturated heterocycles. The number of rotatable bonds is 2. The molecule has 2 rings (SSSR count). The summed E-state index contributed by atoms with van der Waals surface area (Å²) in [5.74, 6) is 5.48. The minimum atomic E-state index is -0.471. The largest absolute Gasteiger partial charge is 0.396 e. The number of urea groups is 1. The standard InChI is InChI=1S/C11H15FN4O/c1-15-11(17)16(14)10-5-9(13)8(12)4-7(10)6-2-3-6/h4-6H,2-3,13-14H2,1H3,(H,15,17). The summed E-state index contributed by atoms with van der Waals surface area (Å²) in [5, 5.41) is 3.37. The maximum atomic E-state index is 13.4. The van der Waals surface area contributed by atoms with E-state index in [1.54, 1.807) is 0 Å². The van der Waals surface area contributed by atoms with E-state index in [-0.39, 0.29) is 11.6 Å². The van der Waals surface area contributed by atoms with Crippen LogP contribution in [0.15, 0.2) is 12.1 Å². The minimum absolute atomic E-state index is 0.0104. The van der Waals surface area contributed by atoms with Crippen LogP contribution in [0, 0.1) is 5.82 Å². The summed E-state index contributed by atoms with van der Waals surface area (Å²) in [6.07, 6.45) is 1.97. The van der Waals surface area contributed by atoms with Crippen LogP contribution in [0.25, 0.3) is 0 Å². The van der Waals surface area contributed by atoms with Gasteiger partial charge < -0.3 is 11.1 Å². The number of amides is 2. The molecule has 0 aromatic heterocycles. The summed E-state index contributed by atoms with van der Waals surface area (Å²) in [6.45, 7) is 0. The highest BCUT2D eigenvalue weighted by Crippen LogP contribution is 2.45. The lowest BCUT2D eigenvalue weighted by Gasteiger charge is -2.20. The van der Waals surface area contributed by atoms with E-state index < -0.39 is 11.8 Å². The SMILES string of the molecule is CNC(=O)N(N)c1cc(N)c(F)cc1C1CC1. The summed E-state index contributed by atoms with van der Waals surface area (Å²) in [6, 6.07) is 2.31. The molecule has 1 aliphatic rings. The molecule has 0 radical (unpaired) electrons. The van der Waals surface area contributed by atoms with Gasteiger partial charge in [0.1, 0.15) is 5.82 Å². The van der Waals surface area contributed by atoms with Crippen LogP contribution in [0.2, 0.25) is 0 Å². The molecule has 5 nitrogen and oxygen atoms in total. The van der Waals surface area contributed by atoms with E-state index in [0.29, 0.717) is 5.69 Å². The first-order chi connectivity index (χ1) is 8.04. The zero-order chi connectivity index (χ0) is 12.6. The number of nitrogen functional groups attached to an aromatic ring is 1. The van der Waals surface area contributed by atoms with Crippen molar-refractivity contribution in [2.75, 3.05) is 17.8 Å². The van der Waals surface area contributed by atoms with Gasteiger partial charge in [0.2, 0.25) is 0 Å². The Bertz CT molecular complexity index is 459. The number of halogens is 1. The molecule has 1 fully saturated rings. The molecule has 0 atom stereocenters. The molecule has 0 spiro atoms. The molecule has 2 amide bonds. The Balaban J connectivity index is 2.43. The lowest BCUT2D eigenvalue weighted by Crippen LogP contribution is -2.43. The third kappa shape index (κ3) is 2.16. The van der Waals surface area contributed by atoms with Crippen LogP contribution in [-0.2, 0) is 0 Å². The normalized spacial score (nSPS) is 14.5. The molecular formula is C11H15FN4O. The maximum absolute atomic E-state index is 13.4. The van der Waals surface area contributed by atoms with Crippen molar-refractivity contribution < 1.29 is 9.18 Å². The van der Waals surface area contributed by atoms with Crippen LogP contribution in [0.5, 0.6) is 0 Å². The topological polar surface area (TPSA) is 84.4 Å². The molecule has 1 aromatic rings. The Hall–Kier alpha value is -1.82. The van der Waals surface area contributed by atoms with Gasteiger partial charge in [0.25, 0.3) is 0 Å². The summed E-state index contributed by atoms with van der Waals surface area (Å²) < 4.78 is 13.4. The van der Waals surface area contributed by atoms with Gasteiger partial charge in [-0.05, 0) is 36.5 Å². The van der Waals surface area contributed by atoms with Gasteiger partial charge in [-0.1, -0.05) is 0 Å². The van der Waals surface area contributed by atoms with Gasteiger partial charge in [-0.2, -0.15) is 0 Å². The van der Waals surface area contributed by atoms with Gasteiger partial charge in [0.15, 0.2) is 0 Å². The minimum Gasteiger partial charge on any atom is -0.396 e. The first kappa shape index (κ1) is 11.7. The van der Waals surface area contributed by atoms with Gasteiger partial charge in [0.05, 0.1) is 11.4 Å². The number of nitrogens with two attached hydrogens (primary N) is 2. The zero-order valence-electron chi connectivity index (χ0n) is 9.53. The Morgan fingerprint density at radius 1 is 1.53 bits per heavy atom. The lowest BCUT2D eigenvalue weighted by atomic mass is 10.1. The van der Waals surface area contributed by atoms with Gasteiger partial charge in [0, 0.05) is 7.05 Å². The Kier molecular flexibility index (Phi) is 2.89. The van der Waals surface area contributed by atoms with E-state index in [9.17, 15) is 9.18 Å². The molecule has 5 N–H and O–H groups in total. The average Bonchev–Trinajstić information content (AvgIpc) is 3.14. The van der Waals surface area contributed by atoms with Gasteiger partial charge in [-0.15, -0.1) is 0 Å². The predicted molar refractivity (Wildman–Crippen MR) is 63.9 cm³/mol. The molecule has 17 heavy (non-hydrogen) atoms. The number of nitrogens with one attached hydrogen (secondary N) is 1. The van der Waals surface area contributed by atoms with Crippen molar-refractivity contribution in [1.29, 1.82) is 0 Å². The van der Waals surface area contributed by atoms with E-state index in [1.807, 2.05) is 0 Å². The number of carbonyl (C=O) groups excluding carboxylic acids is 1. The number of hydrogen-bond acceptors (Lipinski definition) is 3. The van der Waals surface area contributed by atoms with Crippen LogP contribution in [0.4, 0.5) is 20.6 Å². The van der Waals surface area contributed by atoms with Crippen LogP contribution in [0.1, 0.15) is 24.3 Å². The van der Waals surface area contributed by atoms with E-state index >= 15 is 0 Å². The molecule has 1 saturated carbocycles. The molecule has 6 heteroatoms. The monoisotopic (exact) mass is 238 g/mol. The Labute approximate surface area is 98.5 Å².